The van der Waals surface area contributed by atoms with Gasteiger partial charge in [0.1, 0.15) is 10.7 Å². The van der Waals surface area contributed by atoms with Gasteiger partial charge in [-0.2, -0.15) is 0 Å². The average molecular weight is 339 g/mol. The first kappa shape index (κ1) is 17.7. The van der Waals surface area contributed by atoms with E-state index in [0.29, 0.717) is 0 Å². The van der Waals surface area contributed by atoms with Gasteiger partial charge in [0.2, 0.25) is 10.0 Å². The maximum absolute atomic E-state index is 13.1. The molecule has 0 aliphatic carbocycles. The lowest BCUT2D eigenvalue weighted by molar-refractivity contribution is -0.143. The topological polar surface area (TPSA) is 98.5 Å². The number of nitrogen functional groups attached to an aromatic ring is 1. The van der Waals surface area contributed by atoms with Crippen molar-refractivity contribution in [2.75, 3.05) is 18.9 Å². The molecule has 21 heavy (non-hydrogen) atoms. The fourth-order valence-electron chi connectivity index (χ4n) is 1.50. The van der Waals surface area contributed by atoms with E-state index in [0.717, 1.165) is 12.1 Å². The molecule has 0 spiro atoms. The van der Waals surface area contributed by atoms with Gasteiger partial charge >= 0.3 is 5.97 Å². The van der Waals surface area contributed by atoms with Crippen LogP contribution in [-0.2, 0) is 19.6 Å². The van der Waals surface area contributed by atoms with E-state index in [1.165, 1.54) is 0 Å². The molecule has 3 N–H and O–H groups in total. The number of halogens is 2. The second-order valence-corrected chi connectivity index (χ2v) is 6.25. The van der Waals surface area contributed by atoms with Gasteiger partial charge in [-0.1, -0.05) is 11.6 Å². The summed E-state index contributed by atoms with van der Waals surface area (Å²) in [4.78, 5) is 10.8. The van der Waals surface area contributed by atoms with E-state index in [2.05, 4.69) is 4.72 Å². The van der Waals surface area contributed by atoms with Crippen LogP contribution in [0.25, 0.3) is 0 Å². The standard InChI is InChI=1S/C12H16ClFN2O4S/c1-2-20-12(17)4-3-5-16-21(18,19)11-7-10(15)9(14)6-8(11)13/h6-7,16H,2-5,15H2,1H3. The molecule has 0 aromatic heterocycles. The van der Waals surface area contributed by atoms with Crippen LogP contribution in [0.3, 0.4) is 0 Å². The van der Waals surface area contributed by atoms with Crippen LogP contribution in [0.15, 0.2) is 17.0 Å². The van der Waals surface area contributed by atoms with Crippen molar-refractivity contribution in [2.45, 2.75) is 24.7 Å². The van der Waals surface area contributed by atoms with Gasteiger partial charge in [-0.25, -0.2) is 17.5 Å². The number of anilines is 1. The van der Waals surface area contributed by atoms with Crippen LogP contribution < -0.4 is 10.5 Å². The summed E-state index contributed by atoms with van der Waals surface area (Å²) < 4.78 is 44.1. The highest BCUT2D eigenvalue weighted by atomic mass is 35.5. The smallest absolute Gasteiger partial charge is 0.305 e. The molecule has 0 heterocycles. The lowest BCUT2D eigenvalue weighted by atomic mass is 10.3. The van der Waals surface area contributed by atoms with E-state index < -0.39 is 21.8 Å². The van der Waals surface area contributed by atoms with Gasteiger partial charge in [-0.3, -0.25) is 4.79 Å². The summed E-state index contributed by atoms with van der Waals surface area (Å²) >= 11 is 5.70. The van der Waals surface area contributed by atoms with Crippen molar-refractivity contribution >= 4 is 33.3 Å². The molecule has 0 atom stereocenters. The van der Waals surface area contributed by atoms with Gasteiger partial charge in [0.15, 0.2) is 0 Å². The number of esters is 1. The van der Waals surface area contributed by atoms with Crippen LogP contribution in [0, 0.1) is 5.82 Å². The van der Waals surface area contributed by atoms with Crippen LogP contribution in [0.4, 0.5) is 10.1 Å². The van der Waals surface area contributed by atoms with Gasteiger partial charge in [0, 0.05) is 13.0 Å². The van der Waals surface area contributed by atoms with E-state index in [9.17, 15) is 17.6 Å². The number of carbonyl (C=O) groups is 1. The van der Waals surface area contributed by atoms with Gasteiger partial charge in [0.25, 0.3) is 0 Å². The van der Waals surface area contributed by atoms with Gasteiger partial charge in [-0.15, -0.1) is 0 Å². The molecule has 0 aliphatic rings. The van der Waals surface area contributed by atoms with Crippen LogP contribution in [0.1, 0.15) is 19.8 Å². The first-order valence-corrected chi connectivity index (χ1v) is 8.04. The lowest BCUT2D eigenvalue weighted by Crippen LogP contribution is -2.26. The third-order valence-electron chi connectivity index (χ3n) is 2.50. The molecule has 1 aromatic carbocycles. The zero-order chi connectivity index (χ0) is 16.0. The molecule has 118 valence electrons. The van der Waals surface area contributed by atoms with Crippen molar-refractivity contribution < 1.29 is 22.3 Å². The monoisotopic (exact) mass is 338 g/mol. The Kier molecular flexibility index (Phi) is 6.38. The number of sulfonamides is 1. The molecule has 0 fully saturated rings. The number of carbonyl (C=O) groups excluding carboxylic acids is 1. The van der Waals surface area contributed by atoms with E-state index in [1.54, 1.807) is 6.92 Å². The molecule has 0 radical (unpaired) electrons. The summed E-state index contributed by atoms with van der Waals surface area (Å²) in [5, 5.41) is -0.264. The van der Waals surface area contributed by atoms with Gasteiger partial charge < -0.3 is 10.5 Å². The minimum Gasteiger partial charge on any atom is -0.466 e. The molecule has 0 bridgehead atoms. The molecule has 6 nitrogen and oxygen atoms in total. The highest BCUT2D eigenvalue weighted by Crippen LogP contribution is 2.26. The molecule has 1 aromatic rings. The maximum atomic E-state index is 13.1. The zero-order valence-electron chi connectivity index (χ0n) is 11.4. The summed E-state index contributed by atoms with van der Waals surface area (Å²) in [6, 6.07) is 1.79. The second kappa shape index (κ2) is 7.58. The fraction of sp³-hybridized carbons (Fsp3) is 0.417. The molecule has 0 unspecified atom stereocenters. The molecule has 1 rings (SSSR count). The Bertz CT molecular complexity index is 622. The Hall–Kier alpha value is -1.38. The van der Waals surface area contributed by atoms with Crippen LogP contribution in [-0.4, -0.2) is 27.5 Å². The minimum absolute atomic E-state index is 0.0226. The van der Waals surface area contributed by atoms with Gasteiger partial charge in [-0.05, 0) is 25.5 Å². The predicted molar refractivity (Wildman–Crippen MR) is 76.9 cm³/mol. The normalized spacial score (nSPS) is 11.4. The highest BCUT2D eigenvalue weighted by Gasteiger charge is 2.19. The number of nitrogens with one attached hydrogen (secondary N) is 1. The summed E-state index contributed by atoms with van der Waals surface area (Å²) in [6.07, 6.45) is 0.363. The lowest BCUT2D eigenvalue weighted by Gasteiger charge is -2.09. The number of rotatable bonds is 7. The Morgan fingerprint density at radius 3 is 2.76 bits per heavy atom. The first-order chi connectivity index (χ1) is 9.77. The molecular formula is C12H16ClFN2O4S. The van der Waals surface area contributed by atoms with E-state index in [-0.39, 0.29) is 41.6 Å². The zero-order valence-corrected chi connectivity index (χ0v) is 12.9. The van der Waals surface area contributed by atoms with Crippen molar-refractivity contribution in [3.05, 3.63) is 23.0 Å². The number of nitrogens with two attached hydrogens (primary N) is 1. The number of ether oxygens (including phenoxy) is 1. The largest absolute Gasteiger partial charge is 0.466 e. The van der Waals surface area contributed by atoms with Crippen LogP contribution >= 0.6 is 11.6 Å². The number of hydrogen-bond acceptors (Lipinski definition) is 5. The van der Waals surface area contributed by atoms with Crippen molar-refractivity contribution in [1.82, 2.24) is 4.72 Å². The second-order valence-electron chi connectivity index (χ2n) is 4.11. The van der Waals surface area contributed by atoms with Crippen LogP contribution in [0.5, 0.6) is 0 Å². The third-order valence-corrected chi connectivity index (χ3v) is 4.42. The molecule has 9 heteroatoms. The number of hydrogen-bond donors (Lipinski definition) is 2. The van der Waals surface area contributed by atoms with Crippen molar-refractivity contribution in [2.24, 2.45) is 0 Å². The summed E-state index contributed by atoms with van der Waals surface area (Å²) in [6.45, 7) is 1.98. The van der Waals surface area contributed by atoms with E-state index in [1.807, 2.05) is 0 Å². The molecular weight excluding hydrogens is 323 g/mol. The fourth-order valence-corrected chi connectivity index (χ4v) is 3.12. The molecule has 0 aliphatic heterocycles. The summed E-state index contributed by atoms with van der Waals surface area (Å²) in [7, 11) is -3.92. The quantitative estimate of drug-likeness (QED) is 0.448. The van der Waals surface area contributed by atoms with Gasteiger partial charge in [0.05, 0.1) is 17.3 Å². The highest BCUT2D eigenvalue weighted by molar-refractivity contribution is 7.89. The maximum Gasteiger partial charge on any atom is 0.305 e. The molecule has 0 saturated carbocycles. The number of benzene rings is 1. The minimum atomic E-state index is -3.92. The first-order valence-electron chi connectivity index (χ1n) is 6.17. The van der Waals surface area contributed by atoms with Crippen molar-refractivity contribution in [3.8, 4) is 0 Å². The summed E-state index contributed by atoms with van der Waals surface area (Å²) in [5.41, 5.74) is 5.01. The predicted octanol–water partition coefficient (Wildman–Crippen LogP) is 1.68. The Balaban J connectivity index is 2.66. The average Bonchev–Trinajstić information content (AvgIpc) is 2.39. The molecule has 0 saturated heterocycles. The molecule has 0 amide bonds. The third kappa shape index (κ3) is 5.14. The van der Waals surface area contributed by atoms with Crippen LogP contribution in [0.2, 0.25) is 5.02 Å². The Labute approximate surface area is 127 Å². The Morgan fingerprint density at radius 2 is 2.14 bits per heavy atom. The van der Waals surface area contributed by atoms with Crippen molar-refractivity contribution in [1.29, 1.82) is 0 Å². The SMILES string of the molecule is CCOC(=O)CCCNS(=O)(=O)c1cc(N)c(F)cc1Cl. The van der Waals surface area contributed by atoms with E-state index >= 15 is 0 Å². The Morgan fingerprint density at radius 1 is 1.48 bits per heavy atom. The van der Waals surface area contributed by atoms with E-state index in [4.69, 9.17) is 22.1 Å². The summed E-state index contributed by atoms with van der Waals surface area (Å²) in [5.74, 6) is -1.19. The van der Waals surface area contributed by atoms with Crippen molar-refractivity contribution in [3.63, 3.8) is 0 Å².